The molecule has 0 aromatic rings. The molecule has 1 saturated heterocycles. The molecule has 0 saturated carbocycles. The van der Waals surface area contributed by atoms with Gasteiger partial charge in [-0.3, -0.25) is 4.79 Å². The van der Waals surface area contributed by atoms with Crippen LogP contribution in [0.1, 0.15) is 20.8 Å². The number of rotatable bonds is 4. The van der Waals surface area contributed by atoms with Crippen molar-refractivity contribution in [3.63, 3.8) is 0 Å². The van der Waals surface area contributed by atoms with Crippen LogP contribution in [-0.2, 0) is 9.53 Å². The summed E-state index contributed by atoms with van der Waals surface area (Å²) in [6.45, 7) is 7.47. The van der Waals surface area contributed by atoms with Crippen LogP contribution in [0, 0.1) is 5.92 Å². The van der Waals surface area contributed by atoms with Crippen molar-refractivity contribution < 1.29 is 14.6 Å². The van der Waals surface area contributed by atoms with Crippen LogP contribution >= 0.6 is 0 Å². The quantitative estimate of drug-likeness (QED) is 0.721. The van der Waals surface area contributed by atoms with E-state index in [-0.39, 0.29) is 30.1 Å². The molecule has 1 amide bonds. The standard InChI is InChI=1S/C12H24N2O3/c1-9(5-13-4)11(16)14-6-10(7-15)17-12(2,3)8-14/h9-10,13,15H,5-8H2,1-4H3. The van der Waals surface area contributed by atoms with Crippen LogP contribution in [0.4, 0.5) is 0 Å². The van der Waals surface area contributed by atoms with E-state index in [0.29, 0.717) is 19.6 Å². The van der Waals surface area contributed by atoms with E-state index in [1.165, 1.54) is 0 Å². The zero-order valence-corrected chi connectivity index (χ0v) is 11.2. The molecule has 1 rings (SSSR count). The van der Waals surface area contributed by atoms with E-state index in [9.17, 15) is 9.90 Å². The van der Waals surface area contributed by atoms with Crippen molar-refractivity contribution >= 4 is 5.91 Å². The molecule has 0 aromatic heterocycles. The molecule has 100 valence electrons. The van der Waals surface area contributed by atoms with E-state index < -0.39 is 0 Å². The summed E-state index contributed by atoms with van der Waals surface area (Å²) in [5, 5.41) is 12.2. The van der Waals surface area contributed by atoms with E-state index in [4.69, 9.17) is 4.74 Å². The Morgan fingerprint density at radius 1 is 1.65 bits per heavy atom. The number of ether oxygens (including phenoxy) is 1. The van der Waals surface area contributed by atoms with Gasteiger partial charge in [0.05, 0.1) is 18.3 Å². The number of nitrogens with zero attached hydrogens (tertiary/aromatic N) is 1. The second-order valence-electron chi connectivity index (χ2n) is 5.36. The molecule has 1 aliphatic heterocycles. The normalized spacial score (nSPS) is 25.7. The van der Waals surface area contributed by atoms with Crippen molar-refractivity contribution in [2.24, 2.45) is 5.92 Å². The number of nitrogens with one attached hydrogen (secondary N) is 1. The molecule has 5 heteroatoms. The molecule has 0 spiro atoms. The first kappa shape index (κ1) is 14.4. The molecule has 1 heterocycles. The van der Waals surface area contributed by atoms with Crippen molar-refractivity contribution in [2.75, 3.05) is 33.3 Å². The van der Waals surface area contributed by atoms with Crippen LogP contribution in [0.3, 0.4) is 0 Å². The Morgan fingerprint density at radius 3 is 2.82 bits per heavy atom. The zero-order chi connectivity index (χ0) is 13.1. The van der Waals surface area contributed by atoms with Crippen LogP contribution in [0.2, 0.25) is 0 Å². The Hall–Kier alpha value is -0.650. The summed E-state index contributed by atoms with van der Waals surface area (Å²) >= 11 is 0. The molecule has 1 aliphatic rings. The van der Waals surface area contributed by atoms with Gasteiger partial charge in [-0.1, -0.05) is 6.92 Å². The summed E-state index contributed by atoms with van der Waals surface area (Å²) < 4.78 is 5.68. The minimum atomic E-state index is -0.388. The minimum absolute atomic E-state index is 0.0479. The third-order valence-electron chi connectivity index (χ3n) is 2.93. The maximum Gasteiger partial charge on any atom is 0.226 e. The third-order valence-corrected chi connectivity index (χ3v) is 2.93. The van der Waals surface area contributed by atoms with Gasteiger partial charge in [-0.2, -0.15) is 0 Å². The average Bonchev–Trinajstić information content (AvgIpc) is 2.26. The highest BCUT2D eigenvalue weighted by Gasteiger charge is 2.36. The minimum Gasteiger partial charge on any atom is -0.394 e. The van der Waals surface area contributed by atoms with Crippen molar-refractivity contribution in [3.8, 4) is 0 Å². The van der Waals surface area contributed by atoms with Crippen LogP contribution < -0.4 is 5.32 Å². The first-order valence-corrected chi connectivity index (χ1v) is 6.11. The van der Waals surface area contributed by atoms with Crippen molar-refractivity contribution in [3.05, 3.63) is 0 Å². The Labute approximate surface area is 103 Å². The maximum absolute atomic E-state index is 12.2. The predicted octanol–water partition coefficient (Wildman–Crippen LogP) is -0.160. The SMILES string of the molecule is CNCC(C)C(=O)N1CC(CO)OC(C)(C)C1. The molecule has 0 aromatic carbocycles. The van der Waals surface area contributed by atoms with Gasteiger partial charge in [0.25, 0.3) is 0 Å². The highest BCUT2D eigenvalue weighted by atomic mass is 16.5. The summed E-state index contributed by atoms with van der Waals surface area (Å²) in [5.41, 5.74) is -0.388. The second-order valence-corrected chi connectivity index (χ2v) is 5.36. The topological polar surface area (TPSA) is 61.8 Å². The van der Waals surface area contributed by atoms with E-state index in [0.717, 1.165) is 0 Å². The number of morpholine rings is 1. The lowest BCUT2D eigenvalue weighted by Gasteiger charge is -2.43. The van der Waals surface area contributed by atoms with Crippen molar-refractivity contribution in [1.82, 2.24) is 10.2 Å². The zero-order valence-electron chi connectivity index (χ0n) is 11.2. The maximum atomic E-state index is 12.2. The van der Waals surface area contributed by atoms with Gasteiger partial charge in [0.15, 0.2) is 0 Å². The van der Waals surface area contributed by atoms with Crippen molar-refractivity contribution in [2.45, 2.75) is 32.5 Å². The number of carbonyl (C=O) groups is 1. The molecule has 2 N–H and O–H groups in total. The Bertz CT molecular complexity index is 268. The largest absolute Gasteiger partial charge is 0.394 e. The molecule has 2 atom stereocenters. The van der Waals surface area contributed by atoms with Gasteiger partial charge in [-0.25, -0.2) is 0 Å². The van der Waals surface area contributed by atoms with Crippen LogP contribution in [0.5, 0.6) is 0 Å². The van der Waals surface area contributed by atoms with Crippen LogP contribution in [-0.4, -0.2) is 60.9 Å². The lowest BCUT2D eigenvalue weighted by molar-refractivity contribution is -0.169. The lowest BCUT2D eigenvalue weighted by Crippen LogP contribution is -2.57. The first-order valence-electron chi connectivity index (χ1n) is 6.11. The van der Waals surface area contributed by atoms with Crippen LogP contribution in [0.15, 0.2) is 0 Å². The van der Waals surface area contributed by atoms with Gasteiger partial charge in [-0.15, -0.1) is 0 Å². The van der Waals surface area contributed by atoms with Crippen molar-refractivity contribution in [1.29, 1.82) is 0 Å². The number of hydrogen-bond acceptors (Lipinski definition) is 4. The summed E-state index contributed by atoms with van der Waals surface area (Å²) in [7, 11) is 1.84. The Kier molecular flexibility index (Phi) is 4.91. The molecular weight excluding hydrogens is 220 g/mol. The highest BCUT2D eigenvalue weighted by Crippen LogP contribution is 2.22. The van der Waals surface area contributed by atoms with E-state index in [2.05, 4.69) is 5.32 Å². The number of amides is 1. The fraction of sp³-hybridized carbons (Fsp3) is 0.917. The molecule has 17 heavy (non-hydrogen) atoms. The fourth-order valence-corrected chi connectivity index (χ4v) is 2.26. The molecule has 5 nitrogen and oxygen atoms in total. The number of hydrogen-bond donors (Lipinski definition) is 2. The summed E-state index contributed by atoms with van der Waals surface area (Å²) in [6, 6.07) is 0. The summed E-state index contributed by atoms with van der Waals surface area (Å²) in [4.78, 5) is 14.0. The molecule has 0 radical (unpaired) electrons. The van der Waals surface area contributed by atoms with Gasteiger partial charge in [0, 0.05) is 25.6 Å². The third kappa shape index (κ3) is 3.94. The summed E-state index contributed by atoms with van der Waals surface area (Å²) in [6.07, 6.45) is -0.274. The lowest BCUT2D eigenvalue weighted by atomic mass is 10.0. The molecule has 0 aliphatic carbocycles. The Balaban J connectivity index is 2.66. The van der Waals surface area contributed by atoms with Gasteiger partial charge < -0.3 is 20.1 Å². The van der Waals surface area contributed by atoms with E-state index in [1.54, 1.807) is 4.90 Å². The smallest absolute Gasteiger partial charge is 0.226 e. The highest BCUT2D eigenvalue weighted by molar-refractivity contribution is 5.79. The van der Waals surface area contributed by atoms with Gasteiger partial charge >= 0.3 is 0 Å². The second kappa shape index (κ2) is 5.80. The van der Waals surface area contributed by atoms with Gasteiger partial charge in [0.1, 0.15) is 0 Å². The predicted molar refractivity (Wildman–Crippen MR) is 65.7 cm³/mol. The Morgan fingerprint density at radius 2 is 2.29 bits per heavy atom. The van der Waals surface area contributed by atoms with Gasteiger partial charge in [-0.05, 0) is 20.9 Å². The molecule has 0 bridgehead atoms. The number of aliphatic hydroxyl groups is 1. The number of carbonyl (C=O) groups excluding carboxylic acids is 1. The average molecular weight is 244 g/mol. The summed E-state index contributed by atoms with van der Waals surface area (Å²) in [5.74, 6) is 0.0717. The monoisotopic (exact) mass is 244 g/mol. The number of aliphatic hydroxyl groups excluding tert-OH is 1. The van der Waals surface area contributed by atoms with Crippen LogP contribution in [0.25, 0.3) is 0 Å². The van der Waals surface area contributed by atoms with E-state index >= 15 is 0 Å². The first-order chi connectivity index (χ1) is 7.89. The molecule has 2 unspecified atom stereocenters. The molecular formula is C12H24N2O3. The van der Waals surface area contributed by atoms with E-state index in [1.807, 2.05) is 27.8 Å². The molecule has 1 fully saturated rings. The fourth-order valence-electron chi connectivity index (χ4n) is 2.26. The van der Waals surface area contributed by atoms with Gasteiger partial charge in [0.2, 0.25) is 5.91 Å².